The Hall–Kier alpha value is -3.87. The second-order valence-corrected chi connectivity index (χ2v) is 12.4. The van der Waals surface area contributed by atoms with E-state index in [1.54, 1.807) is 0 Å². The molecule has 0 saturated carbocycles. The van der Waals surface area contributed by atoms with Gasteiger partial charge in [-0.15, -0.1) is 11.3 Å². The molecule has 0 radical (unpaired) electrons. The lowest BCUT2D eigenvalue weighted by Gasteiger charge is -2.23. The smallest absolute Gasteiger partial charge is 0.433 e. The number of ether oxygens (including phenoxy) is 2. The summed E-state index contributed by atoms with van der Waals surface area (Å²) in [6.45, 7) is 3.58. The van der Waals surface area contributed by atoms with Crippen molar-refractivity contribution in [3.63, 3.8) is 0 Å². The summed E-state index contributed by atoms with van der Waals surface area (Å²) in [5.41, 5.74) is 3.79. The summed E-state index contributed by atoms with van der Waals surface area (Å²) in [4.78, 5) is 12.7. The molecule has 4 unspecified atom stereocenters. The van der Waals surface area contributed by atoms with Crippen molar-refractivity contribution in [1.82, 2.24) is 25.6 Å². The van der Waals surface area contributed by atoms with Crippen molar-refractivity contribution in [2.24, 2.45) is 5.92 Å². The van der Waals surface area contributed by atoms with Crippen LogP contribution in [0.25, 0.3) is 32.2 Å². The van der Waals surface area contributed by atoms with E-state index in [1.807, 2.05) is 13.0 Å². The van der Waals surface area contributed by atoms with Crippen LogP contribution in [-0.4, -0.2) is 59.5 Å². The average Bonchev–Trinajstić information content (AvgIpc) is 3.55. The van der Waals surface area contributed by atoms with Gasteiger partial charge >= 0.3 is 12.2 Å². The van der Waals surface area contributed by atoms with E-state index >= 15 is 0 Å². The minimum atomic E-state index is -4.96. The van der Waals surface area contributed by atoms with Gasteiger partial charge in [0.1, 0.15) is 34.7 Å². The SMILES string of the molecule is CC1NCCC1Oc1nc(OCC2CCCNCC(F)C2)nc2cc(-c3ccc(F)c4sc(N)c(C#N)c34)c(C(F)(F)F)nc12. The Morgan fingerprint density at radius 1 is 1.16 bits per heavy atom. The Kier molecular flexibility index (Phi) is 8.64. The van der Waals surface area contributed by atoms with Gasteiger partial charge in [-0.1, -0.05) is 6.07 Å². The van der Waals surface area contributed by atoms with Crippen molar-refractivity contribution < 1.29 is 31.4 Å². The van der Waals surface area contributed by atoms with Gasteiger partial charge in [-0.05, 0) is 69.3 Å². The molecule has 4 N–H and O–H groups in total. The third kappa shape index (κ3) is 6.31. The number of nitrogens with two attached hydrogens (primary N) is 1. The van der Waals surface area contributed by atoms with Crippen LogP contribution >= 0.6 is 11.3 Å². The highest BCUT2D eigenvalue weighted by molar-refractivity contribution is 7.23. The molecule has 0 aliphatic carbocycles. The highest BCUT2D eigenvalue weighted by Gasteiger charge is 2.38. The fraction of sp³-hybridized carbons (Fsp3) is 0.467. The minimum absolute atomic E-state index is 0.0129. The molecule has 2 saturated heterocycles. The number of aromatic nitrogens is 3. The van der Waals surface area contributed by atoms with Crippen LogP contribution in [0.15, 0.2) is 18.2 Å². The lowest BCUT2D eigenvalue weighted by molar-refractivity contribution is -0.140. The van der Waals surface area contributed by atoms with Crippen molar-refractivity contribution in [2.75, 3.05) is 32.0 Å². The summed E-state index contributed by atoms with van der Waals surface area (Å²) in [7, 11) is 0. The van der Waals surface area contributed by atoms with E-state index in [2.05, 4.69) is 25.6 Å². The van der Waals surface area contributed by atoms with E-state index in [0.29, 0.717) is 25.9 Å². The predicted molar refractivity (Wildman–Crippen MR) is 159 cm³/mol. The normalized spacial score (nSPS) is 22.7. The average molecular weight is 648 g/mol. The molecule has 0 amide bonds. The quantitative estimate of drug-likeness (QED) is 0.224. The van der Waals surface area contributed by atoms with E-state index < -0.39 is 35.5 Å². The number of hydrogen-bond donors (Lipinski definition) is 3. The molecule has 6 rings (SSSR count). The van der Waals surface area contributed by atoms with Crippen molar-refractivity contribution in [3.05, 3.63) is 35.3 Å². The Balaban J connectivity index is 1.50. The maximum absolute atomic E-state index is 14.8. The monoisotopic (exact) mass is 647 g/mol. The molecule has 1 aromatic carbocycles. The van der Waals surface area contributed by atoms with E-state index in [-0.39, 0.29) is 80.7 Å². The summed E-state index contributed by atoms with van der Waals surface area (Å²) in [5, 5.41) is 16.0. The van der Waals surface area contributed by atoms with Gasteiger partial charge in [-0.3, -0.25) is 0 Å². The Bertz CT molecular complexity index is 1780. The summed E-state index contributed by atoms with van der Waals surface area (Å²) in [6.07, 6.45) is -3.99. The van der Waals surface area contributed by atoms with Crippen molar-refractivity contribution >= 4 is 37.5 Å². The molecular weight excluding hydrogens is 617 g/mol. The fourth-order valence-electron chi connectivity index (χ4n) is 5.93. The second-order valence-electron chi connectivity index (χ2n) is 11.4. The van der Waals surface area contributed by atoms with Crippen molar-refractivity contribution in [3.8, 4) is 29.1 Å². The van der Waals surface area contributed by atoms with Crippen LogP contribution < -0.4 is 25.8 Å². The van der Waals surface area contributed by atoms with Crippen LogP contribution in [0.5, 0.6) is 11.9 Å². The topological polar surface area (TPSA) is 131 Å². The fourth-order valence-corrected chi connectivity index (χ4v) is 6.88. The number of rotatable bonds is 6. The molecule has 238 valence electrons. The standard InChI is InChI=1S/C30H30F5N7O2S/c1-14-22(6-8-39-14)44-28-24-21(40-29(42-28)43-13-15-3-2-7-38-12-16(31)9-15)10-18(26(41-24)30(33,34)35)17-4-5-20(32)25-23(17)19(11-36)27(37)45-25/h4-5,10,14-16,22,38-39H,2-3,6-9,12-13,37H2,1H3. The van der Waals surface area contributed by atoms with Gasteiger partial charge in [0.2, 0.25) is 5.88 Å². The molecule has 0 bridgehead atoms. The maximum Gasteiger partial charge on any atom is 0.433 e. The molecule has 4 aromatic rings. The zero-order valence-corrected chi connectivity index (χ0v) is 25.0. The first kappa shape index (κ1) is 31.1. The van der Waals surface area contributed by atoms with Crippen LogP contribution in [0.4, 0.5) is 27.0 Å². The molecule has 4 atom stereocenters. The largest absolute Gasteiger partial charge is 0.471 e. The number of nitrogens with one attached hydrogen (secondary N) is 2. The maximum atomic E-state index is 14.8. The van der Waals surface area contributed by atoms with Gasteiger partial charge in [0, 0.05) is 23.5 Å². The molecule has 2 fully saturated rings. The zero-order chi connectivity index (χ0) is 31.9. The first-order valence-electron chi connectivity index (χ1n) is 14.6. The number of anilines is 1. The highest BCUT2D eigenvalue weighted by Crippen LogP contribution is 2.45. The van der Waals surface area contributed by atoms with Crippen molar-refractivity contribution in [1.29, 1.82) is 5.26 Å². The van der Waals surface area contributed by atoms with Gasteiger partial charge in [0.05, 0.1) is 16.9 Å². The number of thiophene rings is 1. The number of hydrogen-bond acceptors (Lipinski definition) is 10. The van der Waals surface area contributed by atoms with Crippen molar-refractivity contribution in [2.45, 2.75) is 57.1 Å². The number of nitriles is 1. The van der Waals surface area contributed by atoms with Crippen LogP contribution in [0, 0.1) is 23.1 Å². The molecule has 5 heterocycles. The van der Waals surface area contributed by atoms with E-state index in [4.69, 9.17) is 15.2 Å². The van der Waals surface area contributed by atoms with E-state index in [0.717, 1.165) is 23.8 Å². The number of benzene rings is 1. The third-order valence-corrected chi connectivity index (χ3v) is 9.22. The second kappa shape index (κ2) is 12.5. The minimum Gasteiger partial charge on any atom is -0.471 e. The lowest BCUT2D eigenvalue weighted by atomic mass is 9.96. The summed E-state index contributed by atoms with van der Waals surface area (Å²) in [5.74, 6) is -1.02. The van der Waals surface area contributed by atoms with Gasteiger partial charge in [0.15, 0.2) is 11.2 Å². The van der Waals surface area contributed by atoms with E-state index in [1.165, 1.54) is 12.1 Å². The summed E-state index contributed by atoms with van der Waals surface area (Å²) in [6, 6.07) is 5.00. The van der Waals surface area contributed by atoms with Gasteiger partial charge in [-0.2, -0.15) is 28.4 Å². The Labute approximate surface area is 259 Å². The van der Waals surface area contributed by atoms with Crippen LogP contribution in [-0.2, 0) is 6.18 Å². The van der Waals surface area contributed by atoms with Crippen LogP contribution in [0.1, 0.15) is 43.9 Å². The van der Waals surface area contributed by atoms with E-state index in [9.17, 15) is 27.2 Å². The molecule has 9 nitrogen and oxygen atoms in total. The number of halogens is 5. The summed E-state index contributed by atoms with van der Waals surface area (Å²) < 4.78 is 85.1. The third-order valence-electron chi connectivity index (χ3n) is 8.19. The number of alkyl halides is 4. The Morgan fingerprint density at radius 3 is 2.71 bits per heavy atom. The number of nitrogen functional groups attached to an aromatic ring is 1. The zero-order valence-electron chi connectivity index (χ0n) is 24.2. The van der Waals surface area contributed by atoms with Gasteiger partial charge < -0.3 is 25.8 Å². The Morgan fingerprint density at radius 2 is 1.98 bits per heavy atom. The highest BCUT2D eigenvalue weighted by atomic mass is 32.1. The van der Waals surface area contributed by atoms with Crippen LogP contribution in [0.3, 0.4) is 0 Å². The summed E-state index contributed by atoms with van der Waals surface area (Å²) >= 11 is 0.778. The molecule has 2 aliphatic rings. The molecule has 2 aliphatic heterocycles. The molecule has 15 heteroatoms. The van der Waals surface area contributed by atoms with Crippen LogP contribution in [0.2, 0.25) is 0 Å². The molecular formula is C30H30F5N7O2S. The lowest BCUT2D eigenvalue weighted by Crippen LogP contribution is -2.32. The van der Waals surface area contributed by atoms with Gasteiger partial charge in [0.25, 0.3) is 0 Å². The van der Waals surface area contributed by atoms with Gasteiger partial charge in [-0.25, -0.2) is 13.8 Å². The molecule has 3 aromatic heterocycles. The molecule has 0 spiro atoms. The first-order valence-corrected chi connectivity index (χ1v) is 15.4. The molecule has 45 heavy (non-hydrogen) atoms. The number of fused-ring (bicyclic) bond motifs is 2. The first-order chi connectivity index (χ1) is 21.5. The number of nitrogens with zero attached hydrogens (tertiary/aromatic N) is 4. The number of pyridine rings is 1. The predicted octanol–water partition coefficient (Wildman–Crippen LogP) is 5.75.